The number of aryl methyl sites for hydroxylation is 4. The second-order valence-corrected chi connectivity index (χ2v) is 33.6. The highest BCUT2D eigenvalue weighted by molar-refractivity contribution is 8.41. The summed E-state index contributed by atoms with van der Waals surface area (Å²) in [5.41, 5.74) is -5.50. The summed E-state index contributed by atoms with van der Waals surface area (Å²) in [7, 11) is -7.17. The molecule has 0 aromatic heterocycles. The van der Waals surface area contributed by atoms with E-state index in [1.165, 1.54) is 0 Å². The third kappa shape index (κ3) is 17.8. The summed E-state index contributed by atoms with van der Waals surface area (Å²) in [4.78, 5) is 0. The summed E-state index contributed by atoms with van der Waals surface area (Å²) in [6.07, 6.45) is -56.1. The van der Waals surface area contributed by atoms with Crippen molar-refractivity contribution in [2.75, 3.05) is 0 Å². The normalized spacial score (nSPS) is 16.1. The van der Waals surface area contributed by atoms with Crippen LogP contribution in [-0.2, 0) is 25.7 Å². The molecule has 0 amide bonds. The van der Waals surface area contributed by atoms with Crippen LogP contribution in [0.4, 0.5) is 299 Å². The van der Waals surface area contributed by atoms with E-state index in [1.54, 1.807) is 0 Å². The average molecular weight is 2150 g/mol. The first-order chi connectivity index (χ1) is 58.2. The molecule has 0 heterocycles. The van der Waals surface area contributed by atoms with E-state index in [1.807, 2.05) is 0 Å². The van der Waals surface area contributed by atoms with E-state index in [9.17, 15) is 263 Å². The molecule has 4 aromatic rings. The number of halogens is 68. The summed E-state index contributed by atoms with van der Waals surface area (Å²) in [6.45, 7) is 0. The minimum Gasteiger partial charge on any atom is -0.200 e. The van der Waals surface area contributed by atoms with Crippen LogP contribution >= 0.6 is 15.2 Å². The van der Waals surface area contributed by atoms with Crippen molar-refractivity contribution in [3.05, 3.63) is 119 Å². The Bertz CT molecular complexity index is 4080. The van der Waals surface area contributed by atoms with Gasteiger partial charge < -0.3 is 0 Å². The number of alkyl halides is 68. The first kappa shape index (κ1) is 119. The Labute approximate surface area is 695 Å². The number of hydrogen-bond donors (Lipinski definition) is 0. The van der Waals surface area contributed by atoms with Crippen LogP contribution < -0.4 is 21.2 Å². The zero-order valence-electron chi connectivity index (χ0n) is 61.5. The van der Waals surface area contributed by atoms with Crippen molar-refractivity contribution in [1.82, 2.24) is 0 Å². The lowest BCUT2D eigenvalue weighted by Gasteiger charge is -2.42. The van der Waals surface area contributed by atoms with Crippen LogP contribution in [0.1, 0.15) is 47.9 Å². The largest absolute Gasteiger partial charge is 0.460 e. The lowest BCUT2D eigenvalue weighted by molar-refractivity contribution is -0.461. The van der Waals surface area contributed by atoms with E-state index < -0.39 is 301 Å². The molecule has 0 bridgehead atoms. The minimum atomic E-state index is -9.24. The third-order valence-electron chi connectivity index (χ3n) is 19.0. The Morgan fingerprint density at radius 1 is 0.119 bits per heavy atom. The Kier molecular flexibility index (Phi) is 30.7. The van der Waals surface area contributed by atoms with Gasteiger partial charge in [-0.2, -0.15) is 299 Å². The van der Waals surface area contributed by atoms with E-state index in [0.29, 0.717) is 0 Å². The van der Waals surface area contributed by atoms with Crippen molar-refractivity contribution >= 4 is 36.4 Å². The average Bonchev–Trinajstić information content (AvgIpc) is 0.705. The van der Waals surface area contributed by atoms with Gasteiger partial charge in [0.2, 0.25) is 0 Å². The molecule has 0 aliphatic heterocycles. The number of hydrogen-bond acceptors (Lipinski definition) is 0. The fourth-order valence-corrected chi connectivity index (χ4v) is 18.2. The van der Waals surface area contributed by atoms with Gasteiger partial charge >= 0.3 is 191 Å². The van der Waals surface area contributed by atoms with Crippen LogP contribution in [0, 0.1) is 0 Å². The van der Waals surface area contributed by atoms with Crippen LogP contribution in [0.25, 0.3) is 0 Å². The number of rotatable bonds is 41. The monoisotopic (exact) mass is 2150 g/mol. The van der Waals surface area contributed by atoms with Gasteiger partial charge in [-0.1, -0.05) is 97.1 Å². The lowest BCUT2D eigenvalue weighted by atomic mass is 9.87. The Morgan fingerprint density at radius 2 is 0.209 bits per heavy atom. The van der Waals surface area contributed by atoms with Crippen molar-refractivity contribution in [2.45, 2.75) is 242 Å². The maximum absolute atomic E-state index is 15.2. The molecular weight excluding hydrogens is 2120 g/mol. The van der Waals surface area contributed by atoms with Crippen molar-refractivity contribution in [3.8, 4) is 0 Å². The van der Waals surface area contributed by atoms with Crippen molar-refractivity contribution in [3.63, 3.8) is 0 Å². The van der Waals surface area contributed by atoms with E-state index in [2.05, 4.69) is 0 Å². The van der Waals surface area contributed by atoms with Crippen LogP contribution in [-0.4, -0.2) is 191 Å². The quantitative estimate of drug-likeness (QED) is 0.0307. The molecule has 0 atom stereocenters. The summed E-state index contributed by atoms with van der Waals surface area (Å²) in [5.74, 6) is -244. The van der Waals surface area contributed by atoms with Crippen LogP contribution in [0.5, 0.6) is 0 Å². The van der Waals surface area contributed by atoms with E-state index in [4.69, 9.17) is 0 Å². The highest BCUT2D eigenvalue weighted by Gasteiger charge is 3.00. The Hall–Kier alpha value is -7.02. The van der Waals surface area contributed by atoms with Gasteiger partial charge in [-0.3, -0.25) is 0 Å². The van der Waals surface area contributed by atoms with Crippen LogP contribution in [0.2, 0.25) is 0 Å². The maximum atomic E-state index is 15.2. The molecule has 4 rings (SSSR count). The number of benzene rings is 4. The SMILES string of the molecule is FC(F)(F)C(F)(F)C(F)(F)C(F)(F)C(F)(F)C(F)(F)C(F)(F)C(F)(F)CCc1ccc(P(c2ccc(CCC(F)(F)C(F)(F)C(F)(F)C(F)(F)C(F)(F)C(F)(F)C(F)(F)C(F)(F)F)cc2)P(c2ccc(CCC(F)(F)C(F)(F)C(F)(F)C(F)(F)C(F)(F)C(F)(F)C(F)(F)C(F)(F)F)cc2)c2ccc(CCC(F)(F)C(F)(F)C(F)(F)C(F)(F)C(F)(F)C(F)(F)C(F)(F)C(F)(F)F)cc2)cc1. The van der Waals surface area contributed by atoms with Gasteiger partial charge in [0.1, 0.15) is 0 Å². The second-order valence-electron chi connectivity index (χ2n) is 27.9. The minimum absolute atomic E-state index is 0.0216. The van der Waals surface area contributed by atoms with Crippen molar-refractivity contribution < 1.29 is 299 Å². The zero-order chi connectivity index (χ0) is 107. The van der Waals surface area contributed by atoms with E-state index >= 15 is 35.1 Å². The van der Waals surface area contributed by atoms with Crippen LogP contribution in [0.3, 0.4) is 0 Å². The van der Waals surface area contributed by atoms with Gasteiger partial charge in [0, 0.05) is 25.7 Å². The highest BCUT2D eigenvalue weighted by atomic mass is 32.1. The van der Waals surface area contributed by atoms with Crippen molar-refractivity contribution in [2.24, 2.45) is 0 Å². The van der Waals surface area contributed by atoms with Crippen LogP contribution in [0.15, 0.2) is 97.1 Å². The summed E-state index contributed by atoms with van der Waals surface area (Å²) in [6, 6.07) is 1.49. The third-order valence-corrected chi connectivity index (χ3v) is 26.5. The molecule has 134 heavy (non-hydrogen) atoms. The topological polar surface area (TPSA) is 0 Å². The molecule has 0 fully saturated rings. The van der Waals surface area contributed by atoms with Gasteiger partial charge in [-0.25, -0.2) is 0 Å². The summed E-state index contributed by atoms with van der Waals surface area (Å²) in [5, 5.41) is -4.01. The molecule has 774 valence electrons. The molecule has 0 saturated heterocycles. The lowest BCUT2D eigenvalue weighted by Crippen LogP contribution is -2.74. The molecule has 0 unspecified atom stereocenters. The van der Waals surface area contributed by atoms with Gasteiger partial charge in [0.25, 0.3) is 0 Å². The molecule has 70 heteroatoms. The van der Waals surface area contributed by atoms with Gasteiger partial charge in [0.05, 0.1) is 0 Å². The Balaban J connectivity index is 2.12. The standard InChI is InChI=1S/C64H32F68P2/c65-33(66,37(73,74)41(81,82)45(89,90)49(97,98)53(105,106)57(113,114)61(121,122)123)21-17-25-1-9-29(10-2-25)133(30-11-3-26(4-12-30)18-22-34(67,68)38(75,76)42(83,84)46(91,92)50(99,100)54(107,108)58(115,116)62(124,125)126)134(31-13-5-27(6-14-31)19-23-35(69,70)39(77,78)43(85,86)47(93,94)51(101,102)55(109,110)59(117,118)63(127,128)129)32-15-7-28(8-16-32)20-24-36(71,72)40(79,80)44(87,88)48(95,96)52(103,104)56(111,112)60(119,120)64(130,131)132/h1-16H,17-24H2. The molecule has 0 aliphatic carbocycles. The molecular formula is C64H32F68P2. The fraction of sp³-hybridized carbons (Fsp3) is 0.625. The molecule has 4 aromatic carbocycles. The first-order valence-corrected chi connectivity index (χ1v) is 36.4. The molecule has 0 N–H and O–H groups in total. The molecule has 0 radical (unpaired) electrons. The summed E-state index contributed by atoms with van der Waals surface area (Å²) >= 11 is 0. The maximum Gasteiger partial charge on any atom is 0.460 e. The summed E-state index contributed by atoms with van der Waals surface area (Å²) < 4.78 is 959. The van der Waals surface area contributed by atoms with Crippen molar-refractivity contribution in [1.29, 1.82) is 0 Å². The predicted molar refractivity (Wildman–Crippen MR) is 314 cm³/mol. The molecule has 0 spiro atoms. The smallest absolute Gasteiger partial charge is 0.200 e. The van der Waals surface area contributed by atoms with Gasteiger partial charge in [-0.15, -0.1) is 0 Å². The van der Waals surface area contributed by atoms with E-state index in [-0.39, 0.29) is 97.1 Å². The second kappa shape index (κ2) is 34.5. The predicted octanol–water partition coefficient (Wildman–Crippen LogP) is 28.9. The fourth-order valence-electron chi connectivity index (χ4n) is 10.6. The van der Waals surface area contributed by atoms with E-state index in [0.717, 1.165) is 0 Å². The molecule has 0 aliphatic rings. The molecule has 0 nitrogen and oxygen atoms in total. The highest BCUT2D eigenvalue weighted by Crippen LogP contribution is 2.72. The Morgan fingerprint density at radius 3 is 0.306 bits per heavy atom. The first-order valence-electron chi connectivity index (χ1n) is 33.1. The van der Waals surface area contributed by atoms with Gasteiger partial charge in [-0.05, 0) is 84.4 Å². The molecule has 0 saturated carbocycles. The van der Waals surface area contributed by atoms with Gasteiger partial charge in [0.15, 0.2) is 0 Å². The zero-order valence-corrected chi connectivity index (χ0v) is 63.3.